The summed E-state index contributed by atoms with van der Waals surface area (Å²) >= 11 is 4.74. The van der Waals surface area contributed by atoms with Crippen molar-refractivity contribution in [2.24, 2.45) is 4.99 Å². The van der Waals surface area contributed by atoms with Gasteiger partial charge in [-0.05, 0) is 85.1 Å². The number of carbonyl (C=O) groups excluding carboxylic acids is 1. The third-order valence-electron chi connectivity index (χ3n) is 5.95. The van der Waals surface area contributed by atoms with Crippen LogP contribution in [0.5, 0.6) is 17.2 Å². The largest absolute Gasteiger partial charge is 0.493 e. The van der Waals surface area contributed by atoms with Gasteiger partial charge in [0.2, 0.25) is 0 Å². The van der Waals surface area contributed by atoms with Crippen molar-refractivity contribution in [1.82, 2.24) is 4.57 Å². The fourth-order valence-corrected chi connectivity index (χ4v) is 5.86. The maximum Gasteiger partial charge on any atom is 0.338 e. The fraction of sp³-hybridized carbons (Fsp3) is 0.300. The number of ether oxygens (including phenoxy) is 4. The van der Waals surface area contributed by atoms with Gasteiger partial charge in [0.15, 0.2) is 16.3 Å². The van der Waals surface area contributed by atoms with Crippen LogP contribution in [0.2, 0.25) is 0 Å². The molecule has 0 saturated heterocycles. The van der Waals surface area contributed by atoms with E-state index in [1.54, 1.807) is 45.2 Å². The Bertz CT molecular complexity index is 1700. The molecule has 2 heterocycles. The molecule has 1 aliphatic heterocycles. The van der Waals surface area contributed by atoms with Crippen molar-refractivity contribution in [1.29, 1.82) is 0 Å². The van der Waals surface area contributed by atoms with Gasteiger partial charge in [-0.25, -0.2) is 9.79 Å². The van der Waals surface area contributed by atoms with Gasteiger partial charge in [-0.15, -0.1) is 6.42 Å². The smallest absolute Gasteiger partial charge is 0.338 e. The van der Waals surface area contributed by atoms with Crippen LogP contribution >= 0.6 is 27.3 Å². The van der Waals surface area contributed by atoms with E-state index < -0.39 is 12.0 Å². The van der Waals surface area contributed by atoms with Gasteiger partial charge in [-0.1, -0.05) is 29.4 Å². The summed E-state index contributed by atoms with van der Waals surface area (Å²) in [5.41, 5.74) is 1.93. The second kappa shape index (κ2) is 12.6. The number of esters is 1. The number of thiazole rings is 1. The normalized spacial score (nSPS) is 14.8. The Balaban J connectivity index is 1.89. The molecule has 2 aromatic carbocycles. The minimum Gasteiger partial charge on any atom is -0.493 e. The third kappa shape index (κ3) is 6.01. The highest BCUT2D eigenvalue weighted by molar-refractivity contribution is 9.10. The van der Waals surface area contributed by atoms with E-state index in [4.69, 9.17) is 25.4 Å². The average Bonchev–Trinajstić information content (AvgIpc) is 3.21. The summed E-state index contributed by atoms with van der Waals surface area (Å²) in [4.78, 5) is 32.2. The van der Waals surface area contributed by atoms with Crippen LogP contribution in [0.3, 0.4) is 0 Å². The summed E-state index contributed by atoms with van der Waals surface area (Å²) in [6.07, 6.45) is 7.00. The number of carbonyl (C=O) groups is 1. The molecule has 0 bridgehead atoms. The summed E-state index contributed by atoms with van der Waals surface area (Å²) in [6.45, 7) is 7.66. The molecular formula is C30H29BrN2O6S. The van der Waals surface area contributed by atoms with Gasteiger partial charge in [0.05, 0.1) is 46.1 Å². The number of rotatable bonds is 9. The maximum atomic E-state index is 13.9. The van der Waals surface area contributed by atoms with Crippen molar-refractivity contribution in [2.75, 3.05) is 20.3 Å². The highest BCUT2D eigenvalue weighted by Gasteiger charge is 2.34. The molecule has 0 spiro atoms. The molecule has 0 amide bonds. The van der Waals surface area contributed by atoms with Crippen LogP contribution in [-0.2, 0) is 9.53 Å². The van der Waals surface area contributed by atoms with E-state index in [0.29, 0.717) is 42.3 Å². The molecule has 1 aliphatic rings. The highest BCUT2D eigenvalue weighted by atomic mass is 79.9. The zero-order valence-corrected chi connectivity index (χ0v) is 25.2. The Morgan fingerprint density at radius 3 is 2.62 bits per heavy atom. The Kier molecular flexibility index (Phi) is 9.17. The Morgan fingerprint density at radius 2 is 1.98 bits per heavy atom. The number of benzene rings is 2. The number of aromatic nitrogens is 1. The van der Waals surface area contributed by atoms with Gasteiger partial charge in [-0.3, -0.25) is 9.36 Å². The van der Waals surface area contributed by atoms with Crippen molar-refractivity contribution in [2.45, 2.75) is 39.8 Å². The van der Waals surface area contributed by atoms with Gasteiger partial charge in [0.1, 0.15) is 12.4 Å². The lowest BCUT2D eigenvalue weighted by Gasteiger charge is -2.25. The van der Waals surface area contributed by atoms with Crippen molar-refractivity contribution in [3.8, 4) is 29.6 Å². The summed E-state index contributed by atoms with van der Waals surface area (Å²) in [6, 6.07) is 10.1. The van der Waals surface area contributed by atoms with Gasteiger partial charge < -0.3 is 18.9 Å². The van der Waals surface area contributed by atoms with E-state index in [0.717, 1.165) is 5.56 Å². The van der Waals surface area contributed by atoms with Gasteiger partial charge in [0.25, 0.3) is 5.56 Å². The molecule has 4 rings (SSSR count). The Labute approximate surface area is 244 Å². The molecule has 1 aromatic heterocycles. The van der Waals surface area contributed by atoms with Crippen LogP contribution in [0, 0.1) is 12.3 Å². The molecule has 3 aromatic rings. The van der Waals surface area contributed by atoms with Crippen molar-refractivity contribution < 1.29 is 23.7 Å². The fourth-order valence-electron chi connectivity index (χ4n) is 4.31. The average molecular weight is 626 g/mol. The number of nitrogens with zero attached hydrogens (tertiary/aromatic N) is 2. The standard InChI is InChI=1S/C30H29BrN2O6S/c1-7-13-38-22-11-9-19(14-21(22)31)15-25-28(34)33-27(20-10-12-23(39-17(3)4)24(16-20)36-6)26(29(35)37-8-2)18(5)32-30(33)40-25/h1,9-12,14-17,27H,8,13H2,2-6H3/b25-15-/t27-/m0/s1. The number of halogens is 1. The highest BCUT2D eigenvalue weighted by Crippen LogP contribution is 2.36. The minimum absolute atomic E-state index is 0.0624. The van der Waals surface area contributed by atoms with Crippen LogP contribution in [0.1, 0.15) is 44.9 Å². The molecule has 10 heteroatoms. The summed E-state index contributed by atoms with van der Waals surface area (Å²) in [5, 5.41) is 0. The van der Waals surface area contributed by atoms with E-state index in [9.17, 15) is 9.59 Å². The first kappa shape index (κ1) is 29.2. The van der Waals surface area contributed by atoms with E-state index >= 15 is 0 Å². The van der Waals surface area contributed by atoms with Crippen LogP contribution < -0.4 is 29.1 Å². The minimum atomic E-state index is -0.772. The van der Waals surface area contributed by atoms with Crippen molar-refractivity contribution in [3.05, 3.63) is 83.0 Å². The monoisotopic (exact) mass is 624 g/mol. The summed E-state index contributed by atoms with van der Waals surface area (Å²) in [5.74, 6) is 3.56. The Hall–Kier alpha value is -3.81. The number of hydrogen-bond donors (Lipinski definition) is 0. The summed E-state index contributed by atoms with van der Waals surface area (Å²) < 4.78 is 25.1. The Morgan fingerprint density at radius 1 is 1.23 bits per heavy atom. The molecule has 0 aliphatic carbocycles. The number of terminal acetylenes is 1. The maximum absolute atomic E-state index is 13.9. The van der Waals surface area contributed by atoms with Gasteiger partial charge >= 0.3 is 5.97 Å². The molecule has 0 radical (unpaired) electrons. The predicted octanol–water partition coefficient (Wildman–Crippen LogP) is 4.37. The summed E-state index contributed by atoms with van der Waals surface area (Å²) in [7, 11) is 1.55. The van der Waals surface area contributed by atoms with Crippen LogP contribution in [0.4, 0.5) is 0 Å². The molecule has 0 saturated carbocycles. The van der Waals surface area contributed by atoms with E-state index in [-0.39, 0.29) is 30.5 Å². The van der Waals surface area contributed by atoms with Gasteiger partial charge in [-0.2, -0.15) is 0 Å². The molecule has 0 unspecified atom stereocenters. The number of fused-ring (bicyclic) bond motifs is 1. The van der Waals surface area contributed by atoms with Gasteiger partial charge in [0, 0.05) is 0 Å². The second-order valence-corrected chi connectivity index (χ2v) is 10.9. The number of hydrogen-bond acceptors (Lipinski definition) is 8. The molecule has 0 N–H and O–H groups in total. The molecule has 40 heavy (non-hydrogen) atoms. The molecule has 0 fully saturated rings. The predicted molar refractivity (Wildman–Crippen MR) is 158 cm³/mol. The first-order chi connectivity index (χ1) is 19.2. The SMILES string of the molecule is C#CCOc1ccc(/C=c2\sc3n(c2=O)[C@@H](c2ccc(OC(C)C)c(OC)c2)C(C(=O)OCC)=C(C)N=3)cc1Br. The topological polar surface area (TPSA) is 88.3 Å². The first-order valence-corrected chi connectivity index (χ1v) is 14.2. The number of methoxy groups -OCH3 is 1. The lowest BCUT2D eigenvalue weighted by atomic mass is 9.95. The second-order valence-electron chi connectivity index (χ2n) is 9.06. The third-order valence-corrected chi connectivity index (χ3v) is 7.55. The first-order valence-electron chi connectivity index (χ1n) is 12.6. The van der Waals surface area contributed by atoms with Crippen LogP contribution in [0.25, 0.3) is 6.08 Å². The van der Waals surface area contributed by atoms with E-state index in [2.05, 4.69) is 26.8 Å². The van der Waals surface area contributed by atoms with E-state index in [1.165, 1.54) is 15.9 Å². The lowest BCUT2D eigenvalue weighted by molar-refractivity contribution is -0.139. The van der Waals surface area contributed by atoms with Crippen molar-refractivity contribution in [3.63, 3.8) is 0 Å². The molecule has 1 atom stereocenters. The zero-order valence-electron chi connectivity index (χ0n) is 22.8. The zero-order chi connectivity index (χ0) is 29.0. The van der Waals surface area contributed by atoms with Crippen LogP contribution in [-0.4, -0.2) is 37.0 Å². The molecular weight excluding hydrogens is 596 g/mol. The molecule has 8 nitrogen and oxygen atoms in total. The number of allylic oxidation sites excluding steroid dienone is 1. The lowest BCUT2D eigenvalue weighted by Crippen LogP contribution is -2.40. The quantitative estimate of drug-likeness (QED) is 0.260. The van der Waals surface area contributed by atoms with Crippen LogP contribution in [0.15, 0.2) is 61.9 Å². The van der Waals surface area contributed by atoms with E-state index in [1.807, 2.05) is 32.0 Å². The van der Waals surface area contributed by atoms with Crippen molar-refractivity contribution >= 4 is 39.3 Å². The molecule has 208 valence electrons.